The van der Waals surface area contributed by atoms with Crippen LogP contribution in [-0.4, -0.2) is 24.9 Å². The molecule has 4 N–H and O–H groups in total. The lowest BCUT2D eigenvalue weighted by Gasteiger charge is -2.10. The highest BCUT2D eigenvalue weighted by atomic mass is 16.3. The summed E-state index contributed by atoms with van der Waals surface area (Å²) in [7, 11) is 0. The van der Waals surface area contributed by atoms with Gasteiger partial charge in [-0.1, -0.05) is 6.07 Å². The molecule has 2 aromatic rings. The molecule has 0 radical (unpaired) electrons. The molecule has 1 aromatic carbocycles. The van der Waals surface area contributed by atoms with Crippen molar-refractivity contribution >= 4 is 17.5 Å². The molecule has 2 rings (SSSR count). The number of carbonyl (C=O) groups excluding carboxylic acids is 2. The zero-order valence-corrected chi connectivity index (χ0v) is 11.7. The van der Waals surface area contributed by atoms with Crippen molar-refractivity contribution in [1.29, 1.82) is 0 Å². The van der Waals surface area contributed by atoms with Crippen LogP contribution < -0.4 is 16.4 Å². The van der Waals surface area contributed by atoms with Gasteiger partial charge >= 0.3 is 0 Å². The van der Waals surface area contributed by atoms with Crippen LogP contribution in [0.5, 0.6) is 0 Å². The molecular formula is C15H17N3O3. The van der Waals surface area contributed by atoms with Gasteiger partial charge in [0, 0.05) is 24.3 Å². The van der Waals surface area contributed by atoms with Crippen LogP contribution in [0.1, 0.15) is 26.5 Å². The average molecular weight is 287 g/mol. The Kier molecular flexibility index (Phi) is 4.73. The van der Waals surface area contributed by atoms with Crippen molar-refractivity contribution in [3.05, 3.63) is 53.5 Å². The van der Waals surface area contributed by atoms with E-state index < -0.39 is 0 Å². The highest BCUT2D eigenvalue weighted by Crippen LogP contribution is 2.18. The van der Waals surface area contributed by atoms with E-state index in [9.17, 15) is 9.59 Å². The molecule has 0 unspecified atom stereocenters. The SMILES string of the molecule is Cc1ccc(C(=O)NCCN)cc1NC(=O)c1ccco1. The van der Waals surface area contributed by atoms with Crippen molar-refractivity contribution in [3.8, 4) is 0 Å². The summed E-state index contributed by atoms with van der Waals surface area (Å²) in [5.41, 5.74) is 7.23. The van der Waals surface area contributed by atoms with Gasteiger partial charge in [-0.3, -0.25) is 9.59 Å². The van der Waals surface area contributed by atoms with Gasteiger partial charge in [0.25, 0.3) is 11.8 Å². The Labute approximate surface area is 122 Å². The molecule has 0 saturated carbocycles. The Balaban J connectivity index is 2.15. The van der Waals surface area contributed by atoms with Crippen LogP contribution in [0.3, 0.4) is 0 Å². The van der Waals surface area contributed by atoms with Crippen LogP contribution in [0.25, 0.3) is 0 Å². The van der Waals surface area contributed by atoms with Crippen LogP contribution in [0.15, 0.2) is 41.0 Å². The van der Waals surface area contributed by atoms with E-state index in [0.29, 0.717) is 24.3 Å². The minimum atomic E-state index is -0.359. The van der Waals surface area contributed by atoms with Crippen LogP contribution in [0.4, 0.5) is 5.69 Å². The minimum Gasteiger partial charge on any atom is -0.459 e. The van der Waals surface area contributed by atoms with E-state index in [-0.39, 0.29) is 17.6 Å². The second-order valence-electron chi connectivity index (χ2n) is 4.51. The molecule has 0 spiro atoms. The maximum absolute atomic E-state index is 12.0. The number of nitrogens with one attached hydrogen (secondary N) is 2. The predicted octanol–water partition coefficient (Wildman–Crippen LogP) is 1.53. The topological polar surface area (TPSA) is 97.4 Å². The van der Waals surface area contributed by atoms with Crippen molar-refractivity contribution < 1.29 is 14.0 Å². The molecule has 6 nitrogen and oxygen atoms in total. The van der Waals surface area contributed by atoms with Gasteiger partial charge < -0.3 is 20.8 Å². The fraction of sp³-hybridized carbons (Fsp3) is 0.200. The molecule has 0 aliphatic heterocycles. The normalized spacial score (nSPS) is 10.2. The maximum atomic E-state index is 12.0. The number of carbonyl (C=O) groups is 2. The number of benzene rings is 1. The third-order valence-electron chi connectivity index (χ3n) is 2.92. The van der Waals surface area contributed by atoms with Gasteiger partial charge in [0.15, 0.2) is 5.76 Å². The Morgan fingerprint density at radius 2 is 2.05 bits per heavy atom. The molecule has 2 amide bonds. The first-order chi connectivity index (χ1) is 10.1. The van der Waals surface area contributed by atoms with E-state index in [2.05, 4.69) is 10.6 Å². The number of anilines is 1. The van der Waals surface area contributed by atoms with Crippen molar-refractivity contribution in [2.45, 2.75) is 6.92 Å². The number of furan rings is 1. The first kappa shape index (κ1) is 14.8. The lowest BCUT2D eigenvalue weighted by molar-refractivity contribution is 0.0952. The van der Waals surface area contributed by atoms with Crippen LogP contribution in [0.2, 0.25) is 0 Å². The lowest BCUT2D eigenvalue weighted by Crippen LogP contribution is -2.29. The van der Waals surface area contributed by atoms with Gasteiger partial charge in [-0.05, 0) is 36.8 Å². The fourth-order valence-electron chi connectivity index (χ4n) is 1.78. The first-order valence-corrected chi connectivity index (χ1v) is 6.55. The molecule has 0 bridgehead atoms. The van der Waals surface area contributed by atoms with E-state index >= 15 is 0 Å². The summed E-state index contributed by atoms with van der Waals surface area (Å²) in [5, 5.41) is 5.41. The highest BCUT2D eigenvalue weighted by molar-refractivity contribution is 6.03. The van der Waals surface area contributed by atoms with Gasteiger partial charge in [0.1, 0.15) is 0 Å². The van der Waals surface area contributed by atoms with E-state index in [1.807, 2.05) is 6.92 Å². The number of hydrogen-bond donors (Lipinski definition) is 3. The Hall–Kier alpha value is -2.60. The average Bonchev–Trinajstić information content (AvgIpc) is 3.01. The van der Waals surface area contributed by atoms with Crippen LogP contribution in [0, 0.1) is 6.92 Å². The van der Waals surface area contributed by atoms with Crippen LogP contribution in [-0.2, 0) is 0 Å². The Bertz CT molecular complexity index is 636. The summed E-state index contributed by atoms with van der Waals surface area (Å²) in [6, 6.07) is 8.31. The molecule has 0 aliphatic carbocycles. The van der Waals surface area contributed by atoms with Gasteiger partial charge in [0.05, 0.1) is 6.26 Å². The smallest absolute Gasteiger partial charge is 0.291 e. The molecule has 110 valence electrons. The van der Waals surface area contributed by atoms with E-state index in [0.717, 1.165) is 5.56 Å². The van der Waals surface area contributed by atoms with Crippen molar-refractivity contribution in [2.75, 3.05) is 18.4 Å². The summed E-state index contributed by atoms with van der Waals surface area (Å²) >= 11 is 0. The summed E-state index contributed by atoms with van der Waals surface area (Å²) in [5.74, 6) is -0.371. The van der Waals surface area contributed by atoms with Crippen LogP contribution >= 0.6 is 0 Å². The molecular weight excluding hydrogens is 270 g/mol. The second-order valence-corrected chi connectivity index (χ2v) is 4.51. The van der Waals surface area contributed by atoms with Gasteiger partial charge in [-0.15, -0.1) is 0 Å². The third kappa shape index (κ3) is 3.70. The standard InChI is InChI=1S/C15H17N3O3/c1-10-4-5-11(14(19)17-7-6-16)9-12(10)18-15(20)13-3-2-8-21-13/h2-5,8-9H,6-7,16H2,1H3,(H,17,19)(H,18,20). The lowest BCUT2D eigenvalue weighted by atomic mass is 10.1. The number of nitrogens with two attached hydrogens (primary N) is 1. The molecule has 1 heterocycles. The van der Waals surface area contributed by atoms with Gasteiger partial charge in [-0.2, -0.15) is 0 Å². The molecule has 0 aliphatic rings. The largest absolute Gasteiger partial charge is 0.459 e. The third-order valence-corrected chi connectivity index (χ3v) is 2.92. The van der Waals surface area contributed by atoms with E-state index in [4.69, 9.17) is 10.2 Å². The molecule has 1 aromatic heterocycles. The monoisotopic (exact) mass is 287 g/mol. The minimum absolute atomic E-state index is 0.215. The summed E-state index contributed by atoms with van der Waals surface area (Å²) in [6.45, 7) is 2.62. The zero-order chi connectivity index (χ0) is 15.2. The predicted molar refractivity (Wildman–Crippen MR) is 79.2 cm³/mol. The maximum Gasteiger partial charge on any atom is 0.291 e. The van der Waals surface area contributed by atoms with E-state index in [1.54, 1.807) is 30.3 Å². The summed E-state index contributed by atoms with van der Waals surface area (Å²) < 4.78 is 5.03. The van der Waals surface area contributed by atoms with Crippen molar-refractivity contribution in [2.24, 2.45) is 5.73 Å². The first-order valence-electron chi connectivity index (χ1n) is 6.55. The molecule has 0 saturated heterocycles. The van der Waals surface area contributed by atoms with Crippen molar-refractivity contribution in [3.63, 3.8) is 0 Å². The molecule has 6 heteroatoms. The molecule has 0 fully saturated rings. The second kappa shape index (κ2) is 6.71. The summed E-state index contributed by atoms with van der Waals surface area (Å²) in [4.78, 5) is 23.8. The number of aryl methyl sites for hydroxylation is 1. The quantitative estimate of drug-likeness (QED) is 0.776. The Morgan fingerprint density at radius 1 is 1.24 bits per heavy atom. The highest BCUT2D eigenvalue weighted by Gasteiger charge is 2.12. The number of amides is 2. The number of hydrogen-bond acceptors (Lipinski definition) is 4. The molecule has 21 heavy (non-hydrogen) atoms. The van der Waals surface area contributed by atoms with E-state index in [1.165, 1.54) is 6.26 Å². The zero-order valence-electron chi connectivity index (χ0n) is 11.7. The Morgan fingerprint density at radius 3 is 2.71 bits per heavy atom. The fourth-order valence-corrected chi connectivity index (χ4v) is 1.78. The molecule has 0 atom stereocenters. The van der Waals surface area contributed by atoms with Gasteiger partial charge in [-0.25, -0.2) is 0 Å². The number of rotatable bonds is 5. The summed E-state index contributed by atoms with van der Waals surface area (Å²) in [6.07, 6.45) is 1.43. The van der Waals surface area contributed by atoms with Crippen molar-refractivity contribution in [1.82, 2.24) is 5.32 Å². The van der Waals surface area contributed by atoms with Gasteiger partial charge in [0.2, 0.25) is 0 Å².